The molecule has 0 fully saturated rings. The van der Waals surface area contributed by atoms with Crippen LogP contribution in [0.1, 0.15) is 0 Å². The Morgan fingerprint density at radius 2 is 1.00 bits per heavy atom. The average Bonchev–Trinajstić information content (AvgIpc) is 2.30. The van der Waals surface area contributed by atoms with Crippen LogP contribution in [0.4, 0.5) is 0 Å². The van der Waals surface area contributed by atoms with Crippen LogP contribution in [0.15, 0.2) is 70.5 Å². The predicted molar refractivity (Wildman–Crippen MR) is 59.1 cm³/mol. The van der Waals surface area contributed by atoms with Gasteiger partial charge in [0.05, 0.1) is 0 Å². The third-order valence-electron chi connectivity index (χ3n) is 1.98. The fourth-order valence-corrected chi connectivity index (χ4v) is 2.46. The van der Waals surface area contributed by atoms with Gasteiger partial charge in [-0.1, -0.05) is 47.6 Å². The fraction of sp³-hybridized carbons (Fsp3) is 0. The van der Waals surface area contributed by atoms with Crippen LogP contribution in [0.25, 0.3) is 0 Å². The van der Waals surface area contributed by atoms with Crippen molar-refractivity contribution in [1.29, 1.82) is 0 Å². The Morgan fingerprint density at radius 1 is 0.643 bits per heavy atom. The van der Waals surface area contributed by atoms with Crippen LogP contribution < -0.4 is 0 Å². The molecule has 0 spiro atoms. The molecule has 0 aliphatic carbocycles. The van der Waals surface area contributed by atoms with Crippen molar-refractivity contribution in [3.05, 3.63) is 60.7 Å². The smallest absolute Gasteiger partial charge is 0.0173 e. The highest BCUT2D eigenvalue weighted by atomic mass is 32.2. The molecule has 1 radical (unpaired) electrons. The van der Waals surface area contributed by atoms with E-state index in [1.807, 2.05) is 60.7 Å². The molecule has 2 rings (SSSR count). The standard InChI is InChI=1S/C12H11OS/c13-14(11-7-3-1-4-8-11)12-9-5-2-6-10-12/h1-10,14H. The molecule has 0 bridgehead atoms. The van der Waals surface area contributed by atoms with Crippen LogP contribution in [0, 0.1) is 0 Å². The monoisotopic (exact) mass is 203 g/mol. The topological polar surface area (TPSA) is 19.9 Å². The van der Waals surface area contributed by atoms with Crippen molar-refractivity contribution in [1.82, 2.24) is 0 Å². The second-order valence-electron chi connectivity index (χ2n) is 2.97. The van der Waals surface area contributed by atoms with Gasteiger partial charge >= 0.3 is 0 Å². The molecule has 14 heavy (non-hydrogen) atoms. The zero-order valence-corrected chi connectivity index (χ0v) is 8.52. The summed E-state index contributed by atoms with van der Waals surface area (Å²) in [5.41, 5.74) is 0. The van der Waals surface area contributed by atoms with E-state index < -0.39 is 11.2 Å². The molecule has 0 N–H and O–H groups in total. The highest BCUT2D eigenvalue weighted by Crippen LogP contribution is 2.40. The first kappa shape index (κ1) is 9.31. The van der Waals surface area contributed by atoms with Gasteiger partial charge < -0.3 is 0 Å². The molecule has 0 aliphatic rings. The summed E-state index contributed by atoms with van der Waals surface area (Å²) in [6.45, 7) is 0. The zero-order valence-electron chi connectivity index (χ0n) is 7.63. The maximum absolute atomic E-state index is 12.0. The molecule has 0 aromatic heterocycles. The van der Waals surface area contributed by atoms with Crippen LogP contribution in [0.2, 0.25) is 0 Å². The third kappa shape index (κ3) is 1.97. The second kappa shape index (κ2) is 4.31. The lowest BCUT2D eigenvalue weighted by molar-refractivity contribution is 0.516. The summed E-state index contributed by atoms with van der Waals surface area (Å²) in [6, 6.07) is 19.1. The average molecular weight is 203 g/mol. The summed E-state index contributed by atoms with van der Waals surface area (Å²) >= 11 is -1.42. The molecule has 0 atom stereocenters. The Bertz CT molecular complexity index is 346. The van der Waals surface area contributed by atoms with Crippen LogP contribution in [0.3, 0.4) is 0 Å². The highest BCUT2D eigenvalue weighted by Gasteiger charge is 2.05. The lowest BCUT2D eigenvalue weighted by atomic mass is 10.4. The van der Waals surface area contributed by atoms with Gasteiger partial charge in [-0.3, -0.25) is 0 Å². The van der Waals surface area contributed by atoms with E-state index in [2.05, 4.69) is 0 Å². The van der Waals surface area contributed by atoms with Crippen LogP contribution in [-0.4, -0.2) is 0 Å². The first-order valence-corrected chi connectivity index (χ1v) is 5.71. The van der Waals surface area contributed by atoms with E-state index in [0.29, 0.717) is 0 Å². The minimum absolute atomic E-state index is 0.883. The minimum atomic E-state index is -1.42. The molecule has 2 aromatic rings. The summed E-state index contributed by atoms with van der Waals surface area (Å²) in [5, 5.41) is 0. The van der Waals surface area contributed by atoms with Crippen molar-refractivity contribution in [2.24, 2.45) is 0 Å². The van der Waals surface area contributed by atoms with Crippen molar-refractivity contribution >= 4 is 11.2 Å². The fourth-order valence-electron chi connectivity index (χ4n) is 1.28. The normalized spacial score (nSPS) is 11.1. The minimum Gasteiger partial charge on any atom is -0.168 e. The van der Waals surface area contributed by atoms with Crippen molar-refractivity contribution in [2.75, 3.05) is 0 Å². The quantitative estimate of drug-likeness (QED) is 0.721. The van der Waals surface area contributed by atoms with E-state index in [9.17, 15) is 4.55 Å². The Balaban J connectivity index is 2.30. The lowest BCUT2D eigenvalue weighted by Crippen LogP contribution is -1.81. The van der Waals surface area contributed by atoms with Gasteiger partial charge in [-0.05, 0) is 24.3 Å². The summed E-state index contributed by atoms with van der Waals surface area (Å²) in [7, 11) is 0. The van der Waals surface area contributed by atoms with Gasteiger partial charge in [-0.15, -0.1) is 0 Å². The molecular formula is C12H11OS. The van der Waals surface area contributed by atoms with Gasteiger partial charge in [-0.2, -0.15) is 4.55 Å². The maximum Gasteiger partial charge on any atom is 0.0173 e. The largest absolute Gasteiger partial charge is 0.168 e. The predicted octanol–water partition coefficient (Wildman–Crippen LogP) is 3.45. The van der Waals surface area contributed by atoms with Crippen LogP contribution >= 0.6 is 11.2 Å². The van der Waals surface area contributed by atoms with Gasteiger partial charge in [-0.25, -0.2) is 0 Å². The number of rotatable bonds is 2. The summed E-state index contributed by atoms with van der Waals surface area (Å²) in [4.78, 5) is 1.77. The number of benzene rings is 2. The Hall–Kier alpha value is -1.25. The molecule has 2 aromatic carbocycles. The van der Waals surface area contributed by atoms with E-state index in [1.165, 1.54) is 0 Å². The van der Waals surface area contributed by atoms with Crippen LogP contribution in [-0.2, 0) is 4.55 Å². The molecule has 0 unspecified atom stereocenters. The molecule has 2 heteroatoms. The Kier molecular flexibility index (Phi) is 2.87. The van der Waals surface area contributed by atoms with E-state index in [0.717, 1.165) is 9.79 Å². The van der Waals surface area contributed by atoms with E-state index in [-0.39, 0.29) is 0 Å². The van der Waals surface area contributed by atoms with Crippen molar-refractivity contribution in [3.63, 3.8) is 0 Å². The molecule has 0 amide bonds. The van der Waals surface area contributed by atoms with Gasteiger partial charge in [0.25, 0.3) is 0 Å². The van der Waals surface area contributed by atoms with E-state index in [4.69, 9.17) is 0 Å². The maximum atomic E-state index is 12.0. The number of thiol groups is 1. The SMILES string of the molecule is [O][SH](c1ccccc1)c1ccccc1. The van der Waals surface area contributed by atoms with Crippen LogP contribution in [0.5, 0.6) is 0 Å². The molecule has 71 valence electrons. The van der Waals surface area contributed by atoms with Gasteiger partial charge in [0.1, 0.15) is 0 Å². The summed E-state index contributed by atoms with van der Waals surface area (Å²) in [6.07, 6.45) is 0. The summed E-state index contributed by atoms with van der Waals surface area (Å²) in [5.74, 6) is 0. The van der Waals surface area contributed by atoms with Crippen molar-refractivity contribution < 1.29 is 4.55 Å². The second-order valence-corrected chi connectivity index (χ2v) is 4.59. The Labute approximate surface area is 86.6 Å². The van der Waals surface area contributed by atoms with Gasteiger partial charge in [0.15, 0.2) is 0 Å². The van der Waals surface area contributed by atoms with E-state index >= 15 is 0 Å². The van der Waals surface area contributed by atoms with Gasteiger partial charge in [0.2, 0.25) is 0 Å². The van der Waals surface area contributed by atoms with E-state index in [1.54, 1.807) is 0 Å². The first-order chi connectivity index (χ1) is 6.88. The third-order valence-corrected chi connectivity index (χ3v) is 3.52. The number of hydrogen-bond donors (Lipinski definition) is 1. The molecule has 0 heterocycles. The molecule has 0 saturated carbocycles. The highest BCUT2D eigenvalue weighted by molar-refractivity contribution is 8.11. The lowest BCUT2D eigenvalue weighted by Gasteiger charge is -2.11. The zero-order chi connectivity index (χ0) is 9.80. The van der Waals surface area contributed by atoms with Gasteiger partial charge in [0, 0.05) is 9.79 Å². The first-order valence-electron chi connectivity index (χ1n) is 4.45. The molecule has 0 aliphatic heterocycles. The van der Waals surface area contributed by atoms with Crippen molar-refractivity contribution in [3.8, 4) is 0 Å². The Morgan fingerprint density at radius 3 is 1.36 bits per heavy atom. The van der Waals surface area contributed by atoms with Crippen molar-refractivity contribution in [2.45, 2.75) is 9.79 Å². The molecule has 0 saturated heterocycles. The molecule has 1 nitrogen and oxygen atoms in total. The molecular weight excluding hydrogens is 192 g/mol. The summed E-state index contributed by atoms with van der Waals surface area (Å²) < 4.78 is 12.0. The number of hydrogen-bond acceptors (Lipinski definition) is 0.